The van der Waals surface area contributed by atoms with E-state index in [9.17, 15) is 12.8 Å². The minimum Gasteiger partial charge on any atom is -0.446 e. The Balaban J connectivity index is 2.06. The van der Waals surface area contributed by atoms with Crippen molar-refractivity contribution in [3.63, 3.8) is 0 Å². The summed E-state index contributed by atoms with van der Waals surface area (Å²) >= 11 is 3.06. The Bertz CT molecular complexity index is 715. The van der Waals surface area contributed by atoms with Crippen molar-refractivity contribution in [2.45, 2.75) is 11.6 Å². The first kappa shape index (κ1) is 15.0. The van der Waals surface area contributed by atoms with Gasteiger partial charge in [-0.15, -0.1) is 0 Å². The molecule has 0 aliphatic heterocycles. The molecular formula is C12H12BrFN2O3S. The fraction of sp³-hybridized carbons (Fsp3) is 0.167. The van der Waals surface area contributed by atoms with Gasteiger partial charge in [0.25, 0.3) is 10.0 Å². The minimum atomic E-state index is -3.58. The zero-order valence-electron chi connectivity index (χ0n) is 10.5. The molecule has 2 N–H and O–H groups in total. The fourth-order valence-electron chi connectivity index (χ4n) is 1.49. The van der Waals surface area contributed by atoms with E-state index in [2.05, 4.69) is 26.0 Å². The van der Waals surface area contributed by atoms with Crippen molar-refractivity contribution >= 4 is 31.6 Å². The second kappa shape index (κ2) is 5.94. The molecule has 108 valence electrons. The van der Waals surface area contributed by atoms with Crippen molar-refractivity contribution in [3.05, 3.63) is 46.4 Å². The number of benzene rings is 1. The number of furan rings is 1. The Kier molecular flexibility index (Phi) is 4.46. The van der Waals surface area contributed by atoms with Gasteiger partial charge in [-0.1, -0.05) is 0 Å². The summed E-state index contributed by atoms with van der Waals surface area (Å²) in [6.07, 6.45) is 0. The quantitative estimate of drug-likeness (QED) is 0.857. The lowest BCUT2D eigenvalue weighted by atomic mass is 10.3. The zero-order valence-corrected chi connectivity index (χ0v) is 12.9. The van der Waals surface area contributed by atoms with Crippen molar-refractivity contribution < 1.29 is 17.2 Å². The Morgan fingerprint density at radius 1 is 1.30 bits per heavy atom. The van der Waals surface area contributed by atoms with Crippen LogP contribution in [0.5, 0.6) is 0 Å². The van der Waals surface area contributed by atoms with Gasteiger partial charge in [-0.25, -0.2) is 17.5 Å². The average Bonchev–Trinajstić information content (AvgIpc) is 2.90. The fourth-order valence-corrected chi connectivity index (χ4v) is 2.41. The number of rotatable bonds is 5. The molecule has 2 aromatic rings. The highest BCUT2D eigenvalue weighted by Crippen LogP contribution is 2.20. The summed E-state index contributed by atoms with van der Waals surface area (Å²) in [7, 11) is -2.28. The molecule has 0 unspecified atom stereocenters. The molecule has 0 aliphatic carbocycles. The molecule has 1 aromatic heterocycles. The highest BCUT2D eigenvalue weighted by molar-refractivity contribution is 9.10. The molecule has 0 atom stereocenters. The van der Waals surface area contributed by atoms with Crippen molar-refractivity contribution in [1.82, 2.24) is 4.72 Å². The van der Waals surface area contributed by atoms with Crippen molar-refractivity contribution in [2.75, 3.05) is 12.4 Å². The highest BCUT2D eigenvalue weighted by Gasteiger charge is 2.16. The van der Waals surface area contributed by atoms with Crippen LogP contribution in [0.15, 0.2) is 44.3 Å². The van der Waals surface area contributed by atoms with Gasteiger partial charge in [0.1, 0.15) is 11.6 Å². The summed E-state index contributed by atoms with van der Waals surface area (Å²) in [5, 5.41) is 2.79. The number of anilines is 1. The summed E-state index contributed by atoms with van der Waals surface area (Å²) in [5.41, 5.74) is 0.570. The third-order valence-electron chi connectivity index (χ3n) is 2.56. The second-order valence-electron chi connectivity index (χ2n) is 3.91. The van der Waals surface area contributed by atoms with Gasteiger partial charge in [0.2, 0.25) is 5.09 Å². The van der Waals surface area contributed by atoms with Gasteiger partial charge >= 0.3 is 0 Å². The first-order valence-corrected chi connectivity index (χ1v) is 7.91. The van der Waals surface area contributed by atoms with E-state index in [1.54, 1.807) is 18.2 Å². The molecule has 5 nitrogen and oxygen atoms in total. The van der Waals surface area contributed by atoms with Crippen LogP contribution in [-0.2, 0) is 16.6 Å². The molecule has 8 heteroatoms. The Morgan fingerprint density at radius 3 is 2.70 bits per heavy atom. The second-order valence-corrected chi connectivity index (χ2v) is 6.58. The summed E-state index contributed by atoms with van der Waals surface area (Å²) in [5.74, 6) is 0.0510. The van der Waals surface area contributed by atoms with Crippen LogP contribution in [-0.4, -0.2) is 15.5 Å². The molecule has 1 aromatic carbocycles. The SMILES string of the molecule is CNS(=O)(=O)c1ccc(CNc2ccc(Br)c(F)c2)o1. The molecular weight excluding hydrogens is 351 g/mol. The molecule has 0 amide bonds. The van der Waals surface area contributed by atoms with Gasteiger partial charge in [0, 0.05) is 5.69 Å². The Labute approximate surface area is 124 Å². The van der Waals surface area contributed by atoms with Gasteiger partial charge in [-0.2, -0.15) is 0 Å². The lowest BCUT2D eigenvalue weighted by Crippen LogP contribution is -2.17. The topological polar surface area (TPSA) is 71.3 Å². The maximum Gasteiger partial charge on any atom is 0.273 e. The number of hydrogen-bond acceptors (Lipinski definition) is 4. The predicted octanol–water partition coefficient (Wildman–Crippen LogP) is 2.70. The largest absolute Gasteiger partial charge is 0.446 e. The van der Waals surface area contributed by atoms with Crippen molar-refractivity contribution in [2.24, 2.45) is 0 Å². The normalized spacial score (nSPS) is 11.6. The monoisotopic (exact) mass is 362 g/mol. The molecule has 20 heavy (non-hydrogen) atoms. The van der Waals surface area contributed by atoms with E-state index in [-0.39, 0.29) is 17.5 Å². The van der Waals surface area contributed by atoms with Gasteiger partial charge in [0.05, 0.1) is 11.0 Å². The Morgan fingerprint density at radius 2 is 2.05 bits per heavy atom. The third-order valence-corrected chi connectivity index (χ3v) is 4.49. The van der Waals surface area contributed by atoms with E-state index >= 15 is 0 Å². The summed E-state index contributed by atoms with van der Waals surface area (Å²) in [6, 6.07) is 7.52. The van der Waals surface area contributed by atoms with E-state index in [0.29, 0.717) is 15.9 Å². The van der Waals surface area contributed by atoms with Gasteiger partial charge < -0.3 is 9.73 Å². The lowest BCUT2D eigenvalue weighted by molar-refractivity contribution is 0.417. The summed E-state index contributed by atoms with van der Waals surface area (Å²) in [6.45, 7) is 0.250. The van der Waals surface area contributed by atoms with Crippen LogP contribution in [0.1, 0.15) is 5.76 Å². The van der Waals surface area contributed by atoms with Gasteiger partial charge in [-0.05, 0) is 53.3 Å². The van der Waals surface area contributed by atoms with Gasteiger partial charge in [-0.3, -0.25) is 0 Å². The zero-order chi connectivity index (χ0) is 14.8. The molecule has 0 saturated carbocycles. The highest BCUT2D eigenvalue weighted by atomic mass is 79.9. The number of halogens is 2. The summed E-state index contributed by atoms with van der Waals surface area (Å²) in [4.78, 5) is 0. The molecule has 0 radical (unpaired) electrons. The van der Waals surface area contributed by atoms with Crippen LogP contribution < -0.4 is 10.0 Å². The maximum absolute atomic E-state index is 13.3. The van der Waals surface area contributed by atoms with E-state index in [1.165, 1.54) is 19.2 Å². The molecule has 0 fully saturated rings. The average molecular weight is 363 g/mol. The van der Waals surface area contributed by atoms with Crippen molar-refractivity contribution in [3.8, 4) is 0 Å². The van der Waals surface area contributed by atoms with E-state index in [4.69, 9.17) is 4.42 Å². The van der Waals surface area contributed by atoms with Crippen LogP contribution in [0.3, 0.4) is 0 Å². The van der Waals surface area contributed by atoms with Crippen LogP contribution in [0.25, 0.3) is 0 Å². The van der Waals surface area contributed by atoms with Crippen LogP contribution in [0.2, 0.25) is 0 Å². The first-order chi connectivity index (χ1) is 9.42. The molecule has 0 saturated heterocycles. The van der Waals surface area contributed by atoms with Crippen LogP contribution >= 0.6 is 15.9 Å². The van der Waals surface area contributed by atoms with Crippen LogP contribution in [0.4, 0.5) is 10.1 Å². The molecule has 0 aliphatic rings. The molecule has 1 heterocycles. The van der Waals surface area contributed by atoms with E-state index in [1.807, 2.05) is 0 Å². The smallest absolute Gasteiger partial charge is 0.273 e. The number of hydrogen-bond donors (Lipinski definition) is 2. The molecule has 2 rings (SSSR count). The van der Waals surface area contributed by atoms with E-state index < -0.39 is 10.0 Å². The molecule has 0 bridgehead atoms. The van der Waals surface area contributed by atoms with Gasteiger partial charge in [0.15, 0.2) is 0 Å². The lowest BCUT2D eigenvalue weighted by Gasteiger charge is -2.05. The maximum atomic E-state index is 13.3. The molecule has 0 spiro atoms. The van der Waals surface area contributed by atoms with E-state index in [0.717, 1.165) is 0 Å². The third kappa shape index (κ3) is 3.38. The minimum absolute atomic E-state index is 0.154. The summed E-state index contributed by atoms with van der Waals surface area (Å²) < 4.78 is 44.0. The Hall–Kier alpha value is -1.38. The number of nitrogens with one attached hydrogen (secondary N) is 2. The number of sulfonamides is 1. The first-order valence-electron chi connectivity index (χ1n) is 5.63. The van der Waals surface area contributed by atoms with Crippen LogP contribution in [0, 0.1) is 5.82 Å². The van der Waals surface area contributed by atoms with Crippen molar-refractivity contribution in [1.29, 1.82) is 0 Å². The standard InChI is InChI=1S/C12H12BrFN2O3S/c1-15-20(17,18)12-5-3-9(19-12)7-16-8-2-4-10(13)11(14)6-8/h2-6,15-16H,7H2,1H3. The predicted molar refractivity (Wildman–Crippen MR) is 76.4 cm³/mol.